The van der Waals surface area contributed by atoms with Crippen molar-refractivity contribution in [3.05, 3.63) is 71.8 Å². The monoisotopic (exact) mass is 648 g/mol. The van der Waals surface area contributed by atoms with Gasteiger partial charge in [-0.3, -0.25) is 14.6 Å². The average Bonchev–Trinajstić information content (AvgIpc) is 3.84. The Morgan fingerprint density at radius 2 is 1.45 bits per heavy atom. The quantitative estimate of drug-likeness (QED) is 0.0594. The van der Waals surface area contributed by atoms with Crippen molar-refractivity contribution in [1.82, 2.24) is 15.4 Å². The number of aliphatic imine (C=N–C) groups is 1. The first-order valence-electron chi connectivity index (χ1n) is 14.3. The summed E-state index contributed by atoms with van der Waals surface area (Å²) in [6, 6.07) is 13.6. The average molecular weight is 649 g/mol. The maximum absolute atomic E-state index is 13.6. The van der Waals surface area contributed by atoms with Crippen molar-refractivity contribution >= 4 is 43.9 Å². The minimum Gasteiger partial charge on any atom is -0.370 e. The van der Waals surface area contributed by atoms with Crippen LogP contribution in [0.1, 0.15) is 43.2 Å². The number of amides is 2. The lowest BCUT2D eigenvalue weighted by Crippen LogP contribution is -2.56. The lowest BCUT2D eigenvalue weighted by molar-refractivity contribution is -0.130. The molecule has 3 rings (SSSR count). The van der Waals surface area contributed by atoms with Gasteiger partial charge in [0.05, 0.1) is 22.8 Å². The highest BCUT2D eigenvalue weighted by molar-refractivity contribution is 7.92. The summed E-state index contributed by atoms with van der Waals surface area (Å²) in [6.07, 6.45) is 1.97. The molecule has 3 atom stereocenters. The molecule has 1 aliphatic carbocycles. The summed E-state index contributed by atoms with van der Waals surface area (Å²) in [5.74, 6) is -2.46. The van der Waals surface area contributed by atoms with Crippen LogP contribution in [0.25, 0.3) is 0 Å². The van der Waals surface area contributed by atoms with Crippen LogP contribution in [0.5, 0.6) is 0 Å². The second-order valence-corrected chi connectivity index (χ2v) is 14.9. The van der Waals surface area contributed by atoms with E-state index in [4.69, 9.17) is 11.5 Å². The second-order valence-electron chi connectivity index (χ2n) is 10.7. The van der Waals surface area contributed by atoms with Gasteiger partial charge >= 0.3 is 0 Å². The molecule has 1 saturated carbocycles. The maximum atomic E-state index is 13.6. The normalized spacial score (nSPS) is 15.4. The van der Waals surface area contributed by atoms with Crippen molar-refractivity contribution in [3.8, 4) is 0 Å². The summed E-state index contributed by atoms with van der Waals surface area (Å²) in [5, 5.41) is 4.72. The molecule has 0 saturated heterocycles. The van der Waals surface area contributed by atoms with Gasteiger partial charge in [-0.2, -0.15) is 0 Å². The van der Waals surface area contributed by atoms with Gasteiger partial charge in [0, 0.05) is 13.0 Å². The summed E-state index contributed by atoms with van der Waals surface area (Å²) < 4.78 is 53.7. The highest BCUT2D eigenvalue weighted by atomic mass is 32.2. The predicted molar refractivity (Wildman–Crippen MR) is 167 cm³/mol. The highest BCUT2D eigenvalue weighted by Gasteiger charge is 2.37. The number of nitrogens with two attached hydrogens (primary N) is 2. The summed E-state index contributed by atoms with van der Waals surface area (Å²) in [5.41, 5.74) is 11.8. The first kappa shape index (κ1) is 34.7. The van der Waals surface area contributed by atoms with E-state index < -0.39 is 66.6 Å². The van der Waals surface area contributed by atoms with Crippen molar-refractivity contribution in [2.24, 2.45) is 16.5 Å². The molecule has 0 spiro atoms. The van der Waals surface area contributed by atoms with Crippen molar-refractivity contribution in [3.63, 3.8) is 0 Å². The van der Waals surface area contributed by atoms with Crippen LogP contribution in [0.3, 0.4) is 0 Å². The fraction of sp³-hybridized carbons (Fsp3) is 0.448. The number of guanidine groups is 1. The van der Waals surface area contributed by atoms with Crippen LogP contribution >= 0.6 is 0 Å². The molecule has 44 heavy (non-hydrogen) atoms. The molecule has 0 aromatic heterocycles. The van der Waals surface area contributed by atoms with Gasteiger partial charge in [-0.05, 0) is 43.2 Å². The Morgan fingerprint density at radius 1 is 0.864 bits per heavy atom. The fourth-order valence-corrected chi connectivity index (χ4v) is 7.60. The third-order valence-electron chi connectivity index (χ3n) is 6.94. The number of carbonyl (C=O) groups is 3. The standard InChI is InChI=1S/C29H40N6O7S2/c30-29(31)32-16-7-12-23(19-36)33-28(38)26(18-21-8-3-1-4-9-21)34-27(37)25(15-17-43(39,40)24-13-14-24)35-44(41,42)20-22-10-5-2-6-11-22/h1-6,8-11,19,23-26,35H,7,12-18,20H2,(H,33,38)(H,34,37)(H4,30,31,32)/t23?,25?,26-/m0/s1. The Hall–Kier alpha value is -3.82. The van der Waals surface area contributed by atoms with E-state index in [1.807, 2.05) is 0 Å². The van der Waals surface area contributed by atoms with Crippen molar-refractivity contribution in [1.29, 1.82) is 0 Å². The van der Waals surface area contributed by atoms with Gasteiger partial charge in [0.15, 0.2) is 15.8 Å². The van der Waals surface area contributed by atoms with Crippen LogP contribution in [0, 0.1) is 0 Å². The number of carbonyl (C=O) groups excluding carboxylic acids is 3. The summed E-state index contributed by atoms with van der Waals surface area (Å²) in [4.78, 5) is 42.5. The van der Waals surface area contributed by atoms with E-state index in [1.54, 1.807) is 60.7 Å². The van der Waals surface area contributed by atoms with Gasteiger partial charge in [0.1, 0.15) is 18.4 Å². The zero-order chi connectivity index (χ0) is 32.2. The molecule has 7 N–H and O–H groups in total. The molecular formula is C29H40N6O7S2. The Morgan fingerprint density at radius 3 is 2.02 bits per heavy atom. The summed E-state index contributed by atoms with van der Waals surface area (Å²) in [7, 11) is -7.61. The lowest BCUT2D eigenvalue weighted by Gasteiger charge is -2.24. The first-order valence-corrected chi connectivity index (χ1v) is 17.7. The second kappa shape index (κ2) is 16.3. The van der Waals surface area contributed by atoms with E-state index in [2.05, 4.69) is 20.3 Å². The van der Waals surface area contributed by atoms with E-state index >= 15 is 0 Å². The number of sulfone groups is 1. The number of nitrogens with one attached hydrogen (secondary N) is 3. The largest absolute Gasteiger partial charge is 0.370 e. The number of hydrogen-bond donors (Lipinski definition) is 5. The Labute approximate surface area is 258 Å². The number of hydrogen-bond acceptors (Lipinski definition) is 8. The molecular weight excluding hydrogens is 608 g/mol. The molecule has 0 radical (unpaired) electrons. The molecule has 2 amide bonds. The summed E-state index contributed by atoms with van der Waals surface area (Å²) >= 11 is 0. The number of sulfonamides is 1. The fourth-order valence-electron chi connectivity index (χ4n) is 4.48. The van der Waals surface area contributed by atoms with Crippen LogP contribution < -0.4 is 26.8 Å². The van der Waals surface area contributed by atoms with Gasteiger partial charge in [-0.25, -0.2) is 21.6 Å². The predicted octanol–water partition coefficient (Wildman–Crippen LogP) is -0.0933. The molecule has 2 aromatic carbocycles. The molecule has 1 fully saturated rings. The number of benzene rings is 2. The highest BCUT2D eigenvalue weighted by Crippen LogP contribution is 2.29. The lowest BCUT2D eigenvalue weighted by atomic mass is 10.0. The molecule has 15 heteroatoms. The van der Waals surface area contributed by atoms with E-state index in [0.717, 1.165) is 0 Å². The molecule has 0 bridgehead atoms. The van der Waals surface area contributed by atoms with Gasteiger partial charge in [0.2, 0.25) is 21.8 Å². The zero-order valence-corrected chi connectivity index (χ0v) is 25.9. The van der Waals surface area contributed by atoms with Crippen molar-refractivity contribution < 1.29 is 31.2 Å². The number of aldehydes is 1. The van der Waals surface area contributed by atoms with Crippen LogP contribution in [-0.4, -0.2) is 76.6 Å². The minimum absolute atomic E-state index is 0.0296. The molecule has 13 nitrogen and oxygen atoms in total. The van der Waals surface area contributed by atoms with Crippen LogP contribution in [0.15, 0.2) is 65.7 Å². The van der Waals surface area contributed by atoms with Crippen molar-refractivity contribution in [2.45, 2.75) is 67.7 Å². The summed E-state index contributed by atoms with van der Waals surface area (Å²) in [6.45, 7) is 0.251. The van der Waals surface area contributed by atoms with Gasteiger partial charge < -0.3 is 26.9 Å². The van der Waals surface area contributed by atoms with Crippen molar-refractivity contribution in [2.75, 3.05) is 12.3 Å². The van der Waals surface area contributed by atoms with E-state index in [0.29, 0.717) is 36.7 Å². The third kappa shape index (κ3) is 12.1. The SMILES string of the molecule is NC(N)=NCCCC(C=O)NC(=O)[C@H](Cc1ccccc1)NC(=O)C(CCS(=O)(=O)C1CC1)NS(=O)(=O)Cc1ccccc1. The Kier molecular flexibility index (Phi) is 12.8. The van der Waals surface area contributed by atoms with Gasteiger partial charge in [0.25, 0.3) is 0 Å². The van der Waals surface area contributed by atoms with E-state index in [1.165, 1.54) is 0 Å². The third-order valence-corrected chi connectivity index (χ3v) is 10.6. The number of nitrogens with zero attached hydrogens (tertiary/aromatic N) is 1. The smallest absolute Gasteiger partial charge is 0.243 e. The van der Waals surface area contributed by atoms with Gasteiger partial charge in [-0.15, -0.1) is 0 Å². The molecule has 2 unspecified atom stereocenters. The van der Waals surface area contributed by atoms with E-state index in [9.17, 15) is 31.2 Å². The molecule has 2 aromatic rings. The molecule has 0 aliphatic heterocycles. The van der Waals surface area contributed by atoms with Gasteiger partial charge in [-0.1, -0.05) is 60.7 Å². The molecule has 1 aliphatic rings. The topological polar surface area (TPSA) is 220 Å². The number of rotatable bonds is 19. The molecule has 240 valence electrons. The zero-order valence-electron chi connectivity index (χ0n) is 24.3. The van der Waals surface area contributed by atoms with Crippen LogP contribution in [0.4, 0.5) is 0 Å². The van der Waals surface area contributed by atoms with E-state index in [-0.39, 0.29) is 31.8 Å². The Bertz CT molecular complexity index is 1500. The van der Waals surface area contributed by atoms with Crippen LogP contribution in [0.2, 0.25) is 0 Å². The molecule has 0 heterocycles. The van der Waals surface area contributed by atoms with Crippen LogP contribution in [-0.2, 0) is 46.4 Å². The maximum Gasteiger partial charge on any atom is 0.243 e. The minimum atomic E-state index is -4.09. The first-order chi connectivity index (χ1) is 20.9. The Balaban J connectivity index is 1.79.